The van der Waals surface area contributed by atoms with Crippen LogP contribution in [0.25, 0.3) is 21.8 Å². The second kappa shape index (κ2) is 55.5. The molecule has 0 bridgehead atoms. The molecule has 3 aromatic carbocycles. The van der Waals surface area contributed by atoms with Crippen molar-refractivity contribution in [2.24, 2.45) is 40.1 Å². The van der Waals surface area contributed by atoms with Gasteiger partial charge in [-0.05, 0) is 125 Å². The van der Waals surface area contributed by atoms with E-state index >= 15 is 14.4 Å². The lowest BCUT2D eigenvalue weighted by Gasteiger charge is -2.33. The average molecular weight is 1860 g/mol. The number of fused-ring (bicyclic) bond motifs is 2. The number of nitrogens with zero attached hydrogens (tertiary/aromatic N) is 1. The van der Waals surface area contributed by atoms with Crippen molar-refractivity contribution in [2.75, 3.05) is 64.5 Å². The number of benzene rings is 3. The molecule has 0 aliphatic heterocycles. The van der Waals surface area contributed by atoms with E-state index in [-0.39, 0.29) is 82.7 Å². The minimum absolute atomic E-state index is 0.000872. The number of guanidine groups is 1. The number of para-hydroxylation sites is 2. The molecule has 0 radical (unpaired) electrons. The number of aliphatic hydroxyl groups is 1. The van der Waals surface area contributed by atoms with Crippen LogP contribution in [0.4, 0.5) is 0 Å². The number of aromatic amines is 2. The smallest absolute Gasteiger partial charge is 0.246 e. The number of amides is 18. The third-order valence-electron chi connectivity index (χ3n) is 20.4. The van der Waals surface area contributed by atoms with Crippen LogP contribution in [0.15, 0.2) is 85.2 Å². The molecule has 0 aliphatic carbocycles. The fourth-order valence-electron chi connectivity index (χ4n) is 13.5. The van der Waals surface area contributed by atoms with Crippen molar-refractivity contribution in [3.63, 3.8) is 0 Å². The highest BCUT2D eigenvalue weighted by Gasteiger charge is 2.40. The van der Waals surface area contributed by atoms with Gasteiger partial charge in [0.05, 0.1) is 25.7 Å². The number of carbonyl (C=O) groups excluding carboxylic acids is 18. The van der Waals surface area contributed by atoms with Gasteiger partial charge >= 0.3 is 0 Å². The number of phenols is 1. The molecule has 2 heterocycles. The van der Waals surface area contributed by atoms with E-state index < -0.39 is 248 Å². The minimum atomic E-state index is -1.93. The van der Waals surface area contributed by atoms with Gasteiger partial charge in [-0.15, -0.1) is 0 Å². The molecule has 33 N–H and O–H groups in total. The third kappa shape index (κ3) is 36.9. The second-order valence-electron chi connectivity index (χ2n) is 30.7. The summed E-state index contributed by atoms with van der Waals surface area (Å²) < 4.78 is 5.30. The van der Waals surface area contributed by atoms with Crippen LogP contribution in [0.3, 0.4) is 0 Å². The average Bonchev–Trinajstić information content (AvgIpc) is 1.65. The van der Waals surface area contributed by atoms with Gasteiger partial charge in [0.2, 0.25) is 106 Å². The Kier molecular flexibility index (Phi) is 45.8. The number of nitrogens with two attached hydrogens (primary N) is 7. The van der Waals surface area contributed by atoms with Crippen LogP contribution in [0.5, 0.6) is 5.75 Å². The summed E-state index contributed by atoms with van der Waals surface area (Å²) in [5.74, 6) is -18.9. The maximum absolute atomic E-state index is 15.4. The number of rotatable bonds is 60. The molecule has 13 atom stereocenters. The van der Waals surface area contributed by atoms with Crippen LogP contribution in [-0.2, 0) is 110 Å². The molecule has 0 fully saturated rings. The Balaban J connectivity index is 1.45. The number of thiol groups is 2. The zero-order chi connectivity index (χ0) is 96.3. The van der Waals surface area contributed by atoms with Gasteiger partial charge in [-0.25, -0.2) is 0 Å². The topological polar surface area (TPSA) is 766 Å². The number of unbranched alkanes of at least 4 members (excludes halogenated alkanes) is 2. The lowest BCUT2D eigenvalue weighted by atomic mass is 10.0. The summed E-state index contributed by atoms with van der Waals surface area (Å²) in [5.41, 5.74) is 41.3. The molecule has 18 amide bonds. The SMILES string of the molecule is CC(=O)N[C@@H](CS)C(=O)N[C@@H](CCC(N)=O)C(=O)N[C@H](C(=O)N[C@@H](Cc1c[nH]c2ccccc12)C(=O)N[C@@H](CCC(N)=O)C(=O)N[C@@H](CS)C(=O)N[C@@H](Cc1ccc(O)cc1)C(=O)N[C@@H](Cc1c[nH]c2ccccc12)C(=O)N[C@@H](CCCNC(=N)N)C(=O)N(C)[C@@H](CCCCN)C(=O)N[C@@H](CC(N)=O)C(=O)NCC(=O)NCCOCC(=O)N[C@H](CCCCN)C(N)=O)[C@@H](C)O. The molecule has 0 spiro atoms. The molecule has 5 rings (SSSR count). The number of likely N-dealkylation sites (N-methyl/N-ethyl adjacent to an activating group) is 1. The number of phenolic OH excluding ortho intramolecular Hbond substituents is 1. The largest absolute Gasteiger partial charge is 0.508 e. The Morgan fingerprint density at radius 2 is 0.915 bits per heavy atom. The quantitative estimate of drug-likeness (QED) is 0.00744. The normalized spacial score (nSPS) is 14.1. The van der Waals surface area contributed by atoms with Gasteiger partial charge in [-0.2, -0.15) is 25.3 Å². The standard InChI is InChI=1S/C82H121N25O21S2/c1-43(108)69(106-73(119)55(25-27-65(86)112)99-77(123)61(41-129)96-44(2)109)80(126)104-59(35-47-38-94-52-16-7-5-14-50(47)52)75(121)98-54(24-26-64(85)111)72(118)105-62(42-130)78(124)101-57(33-45-20-22-48(110)23-21-45)74(120)102-58(34-46-37-93-51-15-6-4-13-49(46)51)76(122)100-56(18-12-30-92-82(89)90)81(127)107(3)63(19-9-11-29-84)79(125)103-60(36-66(87)113)71(117)95-39-67(114)91-31-32-128-40-68(115)97-53(70(88)116)17-8-10-28-83/h4-7,13-16,20-23,37-38,43,53-63,69,93-94,108,110,129-130H,8-12,17-19,24-36,39-42,83-84H2,1-3H3,(H2,85,111)(H2,86,112)(H2,87,113)(H2,88,116)(H,91,114)(H,95,117)(H,96,109)(H,97,115)(H,98,121)(H,99,123)(H,100,122)(H,101,124)(H,102,120)(H,103,125)(H,104,126)(H,105,118)(H,106,119)(H4,89,90,92)/t43-,53-,54+,55+,56+,57+,58+,59+,60+,61+,62+,63+,69+/m1/s1. The van der Waals surface area contributed by atoms with Gasteiger partial charge in [0.25, 0.3) is 0 Å². The van der Waals surface area contributed by atoms with E-state index in [1.54, 1.807) is 54.7 Å². The molecular formula is C82H121N25O21S2. The maximum Gasteiger partial charge on any atom is 0.246 e. The molecule has 46 nitrogen and oxygen atoms in total. The van der Waals surface area contributed by atoms with Crippen LogP contribution in [0.2, 0.25) is 0 Å². The van der Waals surface area contributed by atoms with E-state index in [0.717, 1.165) is 18.7 Å². The van der Waals surface area contributed by atoms with Crippen molar-refractivity contribution < 1.29 is 101 Å². The fraction of sp³-hybridized carbons (Fsp3) is 0.500. The van der Waals surface area contributed by atoms with Gasteiger partial charge in [0.1, 0.15) is 84.9 Å². The van der Waals surface area contributed by atoms with E-state index in [0.29, 0.717) is 64.3 Å². The molecule has 130 heavy (non-hydrogen) atoms. The molecule has 2 aromatic heterocycles. The highest BCUT2D eigenvalue weighted by Crippen LogP contribution is 2.23. The van der Waals surface area contributed by atoms with E-state index in [1.807, 2.05) is 0 Å². The molecule has 0 saturated heterocycles. The highest BCUT2D eigenvalue weighted by molar-refractivity contribution is 7.80. The van der Waals surface area contributed by atoms with Gasteiger partial charge in [-0.3, -0.25) is 91.7 Å². The van der Waals surface area contributed by atoms with Gasteiger partial charge in [0.15, 0.2) is 5.96 Å². The molecule has 0 saturated carbocycles. The summed E-state index contributed by atoms with van der Waals surface area (Å²) in [6.45, 7) is 1.12. The first-order chi connectivity index (χ1) is 61.8. The molecular weight excluding hydrogens is 1740 g/mol. The Morgan fingerprint density at radius 1 is 0.462 bits per heavy atom. The number of aromatic nitrogens is 2. The van der Waals surface area contributed by atoms with Crippen LogP contribution in [0.1, 0.15) is 114 Å². The second-order valence-corrected chi connectivity index (χ2v) is 31.4. The van der Waals surface area contributed by atoms with Gasteiger partial charge in [-0.1, -0.05) is 48.5 Å². The summed E-state index contributed by atoms with van der Waals surface area (Å²) in [5, 5.41) is 65.4. The first-order valence-electron chi connectivity index (χ1n) is 41.9. The third-order valence-corrected chi connectivity index (χ3v) is 21.1. The minimum Gasteiger partial charge on any atom is -0.508 e. The van der Waals surface area contributed by atoms with Crippen LogP contribution < -0.4 is 115 Å². The zero-order valence-corrected chi connectivity index (χ0v) is 74.1. The molecule has 0 unspecified atom stereocenters. The number of aliphatic hydroxyl groups excluding tert-OH is 1. The summed E-state index contributed by atoms with van der Waals surface area (Å²) in [4.78, 5) is 254. The zero-order valence-electron chi connectivity index (χ0n) is 72.3. The maximum atomic E-state index is 15.4. The summed E-state index contributed by atoms with van der Waals surface area (Å²) in [6, 6.07) is -0.245. The Morgan fingerprint density at radius 3 is 1.41 bits per heavy atom. The number of H-pyrrole nitrogens is 2. The van der Waals surface area contributed by atoms with E-state index in [2.05, 4.69) is 110 Å². The Bertz CT molecular complexity index is 4750. The Labute approximate surface area is 759 Å². The number of nitrogens with one attached hydrogen (secondary N) is 17. The molecule has 712 valence electrons. The molecule has 5 aromatic rings. The van der Waals surface area contributed by atoms with Crippen LogP contribution >= 0.6 is 25.3 Å². The fourth-order valence-corrected chi connectivity index (χ4v) is 14.0. The van der Waals surface area contributed by atoms with E-state index in [1.165, 1.54) is 37.5 Å². The highest BCUT2D eigenvalue weighted by atomic mass is 32.1. The first kappa shape index (κ1) is 107. The van der Waals surface area contributed by atoms with Gasteiger partial charge in [0, 0.05) is 105 Å². The number of primary amides is 4. The lowest BCUT2D eigenvalue weighted by Crippen LogP contribution is -2.62. The Hall–Kier alpha value is -13.2. The summed E-state index contributed by atoms with van der Waals surface area (Å²) in [6.07, 6.45) is -1.18. The van der Waals surface area contributed by atoms with Crippen molar-refractivity contribution in [1.29, 1.82) is 5.41 Å². The van der Waals surface area contributed by atoms with E-state index in [4.69, 9.17) is 50.3 Å². The number of hydrogen-bond donors (Lipinski definition) is 28. The lowest BCUT2D eigenvalue weighted by molar-refractivity contribution is -0.143. The number of ether oxygens (including phenoxy) is 1. The number of hydrogen-bond acceptors (Lipinski definition) is 26. The van der Waals surface area contributed by atoms with Crippen molar-refractivity contribution in [1.82, 2.24) is 89.3 Å². The summed E-state index contributed by atoms with van der Waals surface area (Å²) >= 11 is 8.48. The molecule has 48 heteroatoms. The van der Waals surface area contributed by atoms with E-state index in [9.17, 15) is 82.1 Å². The number of aromatic hydroxyl groups is 1. The van der Waals surface area contributed by atoms with Crippen LogP contribution in [-0.4, -0.2) is 280 Å². The van der Waals surface area contributed by atoms with Crippen molar-refractivity contribution >= 4 is 159 Å². The molecule has 0 aliphatic rings. The van der Waals surface area contributed by atoms with Crippen molar-refractivity contribution in [3.8, 4) is 5.75 Å². The predicted octanol–water partition coefficient (Wildman–Crippen LogP) is -7.54. The predicted molar refractivity (Wildman–Crippen MR) is 480 cm³/mol. The monoisotopic (exact) mass is 1860 g/mol. The number of carbonyl (C=O) groups is 18. The van der Waals surface area contributed by atoms with Crippen molar-refractivity contribution in [3.05, 3.63) is 102 Å². The van der Waals surface area contributed by atoms with Crippen molar-refractivity contribution in [2.45, 2.75) is 195 Å². The van der Waals surface area contributed by atoms with Crippen LogP contribution in [0, 0.1) is 5.41 Å². The first-order valence-corrected chi connectivity index (χ1v) is 43.1. The van der Waals surface area contributed by atoms with Gasteiger partial charge < -0.3 is 144 Å². The summed E-state index contributed by atoms with van der Waals surface area (Å²) in [7, 11) is 1.22.